The second-order valence-electron chi connectivity index (χ2n) is 4.71. The van der Waals surface area contributed by atoms with E-state index in [2.05, 4.69) is 26.9 Å². The molecule has 0 fully saturated rings. The number of benzene rings is 2. The summed E-state index contributed by atoms with van der Waals surface area (Å²) in [5, 5.41) is 9.05. The summed E-state index contributed by atoms with van der Waals surface area (Å²) in [5.74, 6) is -0.309. The molecule has 2 nitrogen and oxygen atoms in total. The number of hydrogen-bond donors (Lipinski definition) is 0. The molecule has 0 N–H and O–H groups in total. The first-order valence-corrected chi connectivity index (χ1v) is 6.99. The van der Waals surface area contributed by atoms with Gasteiger partial charge in [0.2, 0.25) is 0 Å². The van der Waals surface area contributed by atoms with Crippen LogP contribution in [0.1, 0.15) is 16.7 Å². The molecule has 0 unspecified atom stereocenters. The number of hydrogen-bond acceptors (Lipinski definition) is 2. The maximum atomic E-state index is 13.3. The predicted octanol–water partition coefficient (Wildman–Crippen LogP) is 4.09. The van der Waals surface area contributed by atoms with Crippen LogP contribution in [0.5, 0.6) is 0 Å². The van der Waals surface area contributed by atoms with E-state index < -0.39 is 0 Å². The fourth-order valence-electron chi connectivity index (χ4n) is 2.05. The number of rotatable bonds is 4. The van der Waals surface area contributed by atoms with Crippen LogP contribution in [0.3, 0.4) is 0 Å². The van der Waals surface area contributed by atoms with Gasteiger partial charge in [0.05, 0.1) is 11.6 Å². The van der Waals surface area contributed by atoms with Gasteiger partial charge in [-0.2, -0.15) is 5.26 Å². The van der Waals surface area contributed by atoms with E-state index in [4.69, 9.17) is 5.26 Å². The molecule has 0 amide bonds. The first-order chi connectivity index (χ1) is 9.58. The van der Waals surface area contributed by atoms with E-state index in [1.54, 1.807) is 0 Å². The van der Waals surface area contributed by atoms with Gasteiger partial charge in [-0.25, -0.2) is 4.39 Å². The number of nitriles is 1. The zero-order valence-corrected chi connectivity index (χ0v) is 12.7. The monoisotopic (exact) mass is 332 g/mol. The lowest BCUT2D eigenvalue weighted by molar-refractivity contribution is 0.318. The molecular formula is C16H14BrFN2. The highest BCUT2D eigenvalue weighted by atomic mass is 79.9. The van der Waals surface area contributed by atoms with Gasteiger partial charge in [0, 0.05) is 17.6 Å². The molecule has 2 aromatic carbocycles. The van der Waals surface area contributed by atoms with Gasteiger partial charge in [-0.1, -0.05) is 28.1 Å². The molecule has 4 heteroatoms. The highest BCUT2D eigenvalue weighted by molar-refractivity contribution is 9.10. The van der Waals surface area contributed by atoms with Crippen molar-refractivity contribution in [2.75, 3.05) is 7.05 Å². The summed E-state index contributed by atoms with van der Waals surface area (Å²) in [6, 6.07) is 14.4. The summed E-state index contributed by atoms with van der Waals surface area (Å²) < 4.78 is 14.3. The molecule has 20 heavy (non-hydrogen) atoms. The van der Waals surface area contributed by atoms with E-state index in [0.717, 1.165) is 11.0 Å². The molecule has 102 valence electrons. The molecule has 0 radical (unpaired) electrons. The lowest BCUT2D eigenvalue weighted by Crippen LogP contribution is -2.18. The predicted molar refractivity (Wildman–Crippen MR) is 80.4 cm³/mol. The minimum Gasteiger partial charge on any atom is -0.298 e. The summed E-state index contributed by atoms with van der Waals surface area (Å²) in [4.78, 5) is 2.05. The lowest BCUT2D eigenvalue weighted by Gasteiger charge is -2.17. The molecule has 0 aromatic heterocycles. The summed E-state index contributed by atoms with van der Waals surface area (Å²) >= 11 is 3.40. The van der Waals surface area contributed by atoms with Crippen LogP contribution >= 0.6 is 15.9 Å². The highest BCUT2D eigenvalue weighted by Gasteiger charge is 2.07. The van der Waals surface area contributed by atoms with Crippen molar-refractivity contribution in [3.05, 3.63) is 69.4 Å². The Balaban J connectivity index is 2.08. The summed E-state index contributed by atoms with van der Waals surface area (Å²) in [5.41, 5.74) is 2.41. The van der Waals surface area contributed by atoms with Gasteiger partial charge in [0.15, 0.2) is 0 Å². The highest BCUT2D eigenvalue weighted by Crippen LogP contribution is 2.15. The third kappa shape index (κ3) is 3.89. The lowest BCUT2D eigenvalue weighted by atomic mass is 10.1. The van der Waals surface area contributed by atoms with Gasteiger partial charge in [0.1, 0.15) is 5.82 Å². The van der Waals surface area contributed by atoms with Gasteiger partial charge < -0.3 is 0 Å². The Kier molecular flexibility index (Phi) is 4.89. The molecular weight excluding hydrogens is 319 g/mol. The van der Waals surface area contributed by atoms with Gasteiger partial charge >= 0.3 is 0 Å². The molecule has 0 heterocycles. The van der Waals surface area contributed by atoms with Crippen LogP contribution in [0.2, 0.25) is 0 Å². The number of nitrogens with zero attached hydrogens (tertiary/aromatic N) is 2. The topological polar surface area (TPSA) is 27.0 Å². The van der Waals surface area contributed by atoms with Crippen LogP contribution in [-0.4, -0.2) is 11.9 Å². The molecule has 0 saturated heterocycles. The molecule has 0 saturated carbocycles. The quantitative estimate of drug-likeness (QED) is 0.843. The van der Waals surface area contributed by atoms with Gasteiger partial charge in [-0.3, -0.25) is 4.90 Å². The van der Waals surface area contributed by atoms with Crippen LogP contribution in [0.25, 0.3) is 0 Å². The zero-order chi connectivity index (χ0) is 14.5. The van der Waals surface area contributed by atoms with Crippen molar-refractivity contribution < 1.29 is 4.39 Å². The SMILES string of the molecule is CN(Cc1ccc(Br)cc1)Cc1cc(F)ccc1C#N. The Labute approximate surface area is 126 Å². The second-order valence-corrected chi connectivity index (χ2v) is 5.63. The third-order valence-electron chi connectivity index (χ3n) is 2.99. The Morgan fingerprint density at radius 3 is 2.50 bits per heavy atom. The van der Waals surface area contributed by atoms with E-state index in [1.165, 1.54) is 23.8 Å². The summed E-state index contributed by atoms with van der Waals surface area (Å²) in [7, 11) is 1.95. The van der Waals surface area contributed by atoms with Crippen LogP contribution in [0.15, 0.2) is 46.9 Å². The molecule has 0 aliphatic heterocycles. The minimum atomic E-state index is -0.309. The van der Waals surface area contributed by atoms with Crippen LogP contribution in [0, 0.1) is 17.1 Å². The normalized spacial score (nSPS) is 10.6. The standard InChI is InChI=1S/C16H14BrFN2/c1-20(10-12-2-5-15(17)6-3-12)11-14-8-16(18)7-4-13(14)9-19/h2-8H,10-11H2,1H3. The van der Waals surface area contributed by atoms with Crippen molar-refractivity contribution in [2.45, 2.75) is 13.1 Å². The maximum absolute atomic E-state index is 13.3. The first-order valence-electron chi connectivity index (χ1n) is 6.20. The Morgan fingerprint density at radius 2 is 1.85 bits per heavy atom. The van der Waals surface area contributed by atoms with E-state index in [9.17, 15) is 4.39 Å². The van der Waals surface area contributed by atoms with E-state index in [0.29, 0.717) is 17.7 Å². The van der Waals surface area contributed by atoms with Gasteiger partial charge in [-0.05, 0) is 48.5 Å². The van der Waals surface area contributed by atoms with Crippen molar-refractivity contribution in [1.82, 2.24) is 4.90 Å². The molecule has 0 aliphatic carbocycles. The maximum Gasteiger partial charge on any atom is 0.123 e. The molecule has 0 atom stereocenters. The van der Waals surface area contributed by atoms with Gasteiger partial charge in [0.25, 0.3) is 0 Å². The Hall–Kier alpha value is -1.70. The van der Waals surface area contributed by atoms with Crippen LogP contribution in [0.4, 0.5) is 4.39 Å². The smallest absolute Gasteiger partial charge is 0.123 e. The largest absolute Gasteiger partial charge is 0.298 e. The zero-order valence-electron chi connectivity index (χ0n) is 11.1. The van der Waals surface area contributed by atoms with E-state index >= 15 is 0 Å². The summed E-state index contributed by atoms with van der Waals surface area (Å²) in [6.45, 7) is 1.28. The van der Waals surface area contributed by atoms with Gasteiger partial charge in [-0.15, -0.1) is 0 Å². The van der Waals surface area contributed by atoms with E-state index in [1.807, 2.05) is 31.3 Å². The average Bonchev–Trinajstić information content (AvgIpc) is 2.41. The molecule has 0 bridgehead atoms. The van der Waals surface area contributed by atoms with Crippen molar-refractivity contribution in [2.24, 2.45) is 0 Å². The van der Waals surface area contributed by atoms with E-state index in [-0.39, 0.29) is 5.82 Å². The summed E-state index contributed by atoms with van der Waals surface area (Å²) in [6.07, 6.45) is 0. The van der Waals surface area contributed by atoms with Crippen molar-refractivity contribution in [1.29, 1.82) is 5.26 Å². The first kappa shape index (κ1) is 14.7. The fourth-order valence-corrected chi connectivity index (χ4v) is 2.31. The van der Waals surface area contributed by atoms with Crippen LogP contribution < -0.4 is 0 Å². The second kappa shape index (κ2) is 6.65. The van der Waals surface area contributed by atoms with Crippen LogP contribution in [-0.2, 0) is 13.1 Å². The average molecular weight is 333 g/mol. The number of halogens is 2. The van der Waals surface area contributed by atoms with Crippen molar-refractivity contribution in [3.8, 4) is 6.07 Å². The third-order valence-corrected chi connectivity index (χ3v) is 3.52. The Bertz CT molecular complexity index is 632. The minimum absolute atomic E-state index is 0.309. The Morgan fingerprint density at radius 1 is 1.15 bits per heavy atom. The molecule has 0 aliphatic rings. The van der Waals surface area contributed by atoms with Crippen molar-refractivity contribution >= 4 is 15.9 Å². The molecule has 0 spiro atoms. The molecule has 2 aromatic rings. The van der Waals surface area contributed by atoms with Crippen molar-refractivity contribution in [3.63, 3.8) is 0 Å². The fraction of sp³-hybridized carbons (Fsp3) is 0.188. The molecule has 2 rings (SSSR count).